The van der Waals surface area contributed by atoms with Gasteiger partial charge in [-0.05, 0) is 77.0 Å². The molecule has 0 fully saturated rings. The van der Waals surface area contributed by atoms with Gasteiger partial charge in [0.1, 0.15) is 13.2 Å². The quantitative estimate of drug-likeness (QED) is 0.0272. The van der Waals surface area contributed by atoms with Gasteiger partial charge in [-0.1, -0.05) is 351 Å². The van der Waals surface area contributed by atoms with E-state index in [-0.39, 0.29) is 12.5 Å². The predicted octanol–water partition coefficient (Wildman–Crippen LogP) is 23.7. The summed E-state index contributed by atoms with van der Waals surface area (Å²) in [6, 6.07) is -0.912. The highest BCUT2D eigenvalue weighted by Crippen LogP contribution is 2.38. The van der Waals surface area contributed by atoms with E-state index in [0.717, 1.165) is 51.4 Å². The van der Waals surface area contributed by atoms with E-state index in [1.54, 1.807) is 6.08 Å². The van der Waals surface area contributed by atoms with Gasteiger partial charge in [0.15, 0.2) is 0 Å². The van der Waals surface area contributed by atoms with E-state index >= 15 is 0 Å². The van der Waals surface area contributed by atoms with Gasteiger partial charge in [0.05, 0.1) is 39.9 Å². The first kappa shape index (κ1) is 84.2. The Morgan fingerprint density at radius 3 is 1.01 bits per heavy atom. The Bertz CT molecular complexity index is 1590. The highest BCUT2D eigenvalue weighted by molar-refractivity contribution is 7.45. The molecule has 0 bridgehead atoms. The Morgan fingerprint density at radius 2 is 0.686 bits per heavy atom. The smallest absolute Gasteiger partial charge is 0.268 e. The zero-order valence-corrected chi connectivity index (χ0v) is 58.9. The summed E-state index contributed by atoms with van der Waals surface area (Å²) in [7, 11) is 1.25. The molecule has 0 heterocycles. The summed E-state index contributed by atoms with van der Waals surface area (Å²) in [6.45, 7) is 4.66. The average Bonchev–Trinajstić information content (AvgIpc) is 3.70. The average molecular weight is 1230 g/mol. The van der Waals surface area contributed by atoms with Gasteiger partial charge in [-0.15, -0.1) is 0 Å². The van der Waals surface area contributed by atoms with Gasteiger partial charge < -0.3 is 28.8 Å². The minimum atomic E-state index is -4.62. The van der Waals surface area contributed by atoms with Crippen molar-refractivity contribution in [3.63, 3.8) is 0 Å². The fourth-order valence-corrected chi connectivity index (χ4v) is 12.1. The van der Waals surface area contributed by atoms with E-state index in [4.69, 9.17) is 9.05 Å². The number of amides is 1. The van der Waals surface area contributed by atoms with E-state index < -0.39 is 26.6 Å². The number of quaternary nitrogens is 1. The Balaban J connectivity index is 4.02. The lowest BCUT2D eigenvalue weighted by molar-refractivity contribution is -0.870. The Labute approximate surface area is 536 Å². The second-order valence-corrected chi connectivity index (χ2v) is 28.4. The number of rotatable bonds is 70. The molecule has 0 aliphatic heterocycles. The zero-order chi connectivity index (χ0) is 62.6. The normalized spacial score (nSPS) is 13.9. The molecule has 0 aromatic rings. The first-order valence-electron chi connectivity index (χ1n) is 37.7. The maximum Gasteiger partial charge on any atom is 0.268 e. The van der Waals surface area contributed by atoms with E-state index in [0.29, 0.717) is 17.4 Å². The third-order valence-corrected chi connectivity index (χ3v) is 18.1. The van der Waals surface area contributed by atoms with Crippen LogP contribution in [-0.4, -0.2) is 68.5 Å². The molecule has 3 unspecified atom stereocenters. The molecule has 0 saturated carbocycles. The molecule has 506 valence electrons. The molecule has 8 nitrogen and oxygen atoms in total. The lowest BCUT2D eigenvalue weighted by atomic mass is 10.0. The number of carbonyl (C=O) groups is 1. The molecule has 86 heavy (non-hydrogen) atoms. The molecule has 0 aliphatic carbocycles. The standard InChI is InChI=1S/C77H147N2O6P/c1-6-8-10-12-14-16-18-20-22-24-26-28-30-32-34-35-36-37-38-39-40-41-42-43-45-47-49-51-53-55-57-59-61-63-65-67-69-71-77(81)78-75(74-85-86(82,83)84-73-72-79(3,4)5)76(80)70-68-66-64-62-60-58-56-54-52-50-48-46-44-33-31-29-27-25-23-21-19-17-15-13-11-9-7-2/h18,20,24,26,52,54,60,62,68,70,75-76,80H,6-17,19,21-23,25,27-51,53,55-59,61,63-67,69,71-74H2,1-5H3,(H-,78,81,82,83)/b20-18-,26-24-,54-52+,62-60+,70-68+. The number of allylic oxidation sites excluding steroid dienone is 9. The summed E-state index contributed by atoms with van der Waals surface area (Å²) in [5.41, 5.74) is 0. The van der Waals surface area contributed by atoms with Crippen molar-refractivity contribution in [2.24, 2.45) is 0 Å². The highest BCUT2D eigenvalue weighted by Gasteiger charge is 2.23. The number of nitrogens with one attached hydrogen (secondary N) is 1. The summed E-state index contributed by atoms with van der Waals surface area (Å²) < 4.78 is 23.5. The molecule has 1 amide bonds. The largest absolute Gasteiger partial charge is 0.756 e. The first-order valence-corrected chi connectivity index (χ1v) is 39.1. The molecule has 3 atom stereocenters. The van der Waals surface area contributed by atoms with Gasteiger partial charge in [0, 0.05) is 6.42 Å². The minimum Gasteiger partial charge on any atom is -0.756 e. The van der Waals surface area contributed by atoms with Crippen molar-refractivity contribution >= 4 is 13.7 Å². The van der Waals surface area contributed by atoms with Gasteiger partial charge in [-0.25, -0.2) is 0 Å². The molecule has 0 spiro atoms. The second kappa shape index (κ2) is 67.6. The summed E-state index contributed by atoms with van der Waals surface area (Å²) in [6.07, 6.45) is 93.8. The molecule has 0 aliphatic rings. The van der Waals surface area contributed by atoms with Crippen LogP contribution in [0.5, 0.6) is 0 Å². The fraction of sp³-hybridized carbons (Fsp3) is 0.857. The van der Waals surface area contributed by atoms with Crippen LogP contribution in [0.1, 0.15) is 373 Å². The van der Waals surface area contributed by atoms with Gasteiger partial charge in [-0.3, -0.25) is 9.36 Å². The van der Waals surface area contributed by atoms with Gasteiger partial charge >= 0.3 is 0 Å². The van der Waals surface area contributed by atoms with Crippen LogP contribution in [0.15, 0.2) is 60.8 Å². The van der Waals surface area contributed by atoms with Crippen molar-refractivity contribution in [2.45, 2.75) is 386 Å². The molecule has 2 N–H and O–H groups in total. The molecule has 0 rings (SSSR count). The number of aliphatic hydroxyl groups is 1. The number of phosphoric acid groups is 1. The first-order chi connectivity index (χ1) is 42.0. The maximum absolute atomic E-state index is 13.0. The molecule has 0 radical (unpaired) electrons. The number of aliphatic hydroxyl groups excluding tert-OH is 1. The Hall–Kier alpha value is -1.80. The third-order valence-electron chi connectivity index (χ3n) is 17.2. The van der Waals surface area contributed by atoms with Gasteiger partial charge in [0.2, 0.25) is 5.91 Å². The number of hydrogen-bond donors (Lipinski definition) is 2. The minimum absolute atomic E-state index is 0.00839. The number of unbranched alkanes of at least 4 members (excludes halogenated alkanes) is 49. The van der Waals surface area contributed by atoms with Crippen LogP contribution in [0.2, 0.25) is 0 Å². The van der Waals surface area contributed by atoms with E-state index in [1.807, 2.05) is 27.2 Å². The highest BCUT2D eigenvalue weighted by atomic mass is 31.2. The predicted molar refractivity (Wildman–Crippen MR) is 376 cm³/mol. The fourth-order valence-electron chi connectivity index (χ4n) is 11.3. The van der Waals surface area contributed by atoms with Crippen LogP contribution in [0.25, 0.3) is 0 Å². The van der Waals surface area contributed by atoms with Crippen molar-refractivity contribution < 1.29 is 32.9 Å². The molecule has 0 aromatic heterocycles. The Morgan fingerprint density at radius 1 is 0.407 bits per heavy atom. The molecule has 9 heteroatoms. The van der Waals surface area contributed by atoms with Crippen molar-refractivity contribution in [1.82, 2.24) is 5.32 Å². The SMILES string of the molecule is CCCCCCC/C=C\C/C=C\CCCCCCCCCCCCCCCCCCCCCCCCCCCC(=O)NC(COP(=O)([O-])OCC[N+](C)(C)C)C(O)/C=C/CC/C=C/CC/C=C/CCCCCCCCCCCCCCCCCCC. The number of nitrogens with zero attached hydrogens (tertiary/aromatic N) is 1. The number of phosphoric ester groups is 1. The van der Waals surface area contributed by atoms with E-state index in [2.05, 4.69) is 67.8 Å². The third kappa shape index (κ3) is 69.7. The monoisotopic (exact) mass is 1230 g/mol. The lowest BCUT2D eigenvalue weighted by Gasteiger charge is -2.29. The van der Waals surface area contributed by atoms with Crippen molar-refractivity contribution in [3.05, 3.63) is 60.8 Å². The summed E-state index contributed by atoms with van der Waals surface area (Å²) in [4.78, 5) is 25.7. The van der Waals surface area contributed by atoms with Gasteiger partial charge in [0.25, 0.3) is 7.82 Å². The molecular weight excluding hydrogens is 1080 g/mol. The Kier molecular flexibility index (Phi) is 66.2. The van der Waals surface area contributed by atoms with Crippen LogP contribution >= 0.6 is 7.82 Å². The lowest BCUT2D eigenvalue weighted by Crippen LogP contribution is -2.45. The van der Waals surface area contributed by atoms with Crippen LogP contribution in [-0.2, 0) is 18.4 Å². The summed E-state index contributed by atoms with van der Waals surface area (Å²) in [5, 5.41) is 14.0. The number of hydrogen-bond acceptors (Lipinski definition) is 6. The molecule has 0 saturated heterocycles. The summed E-state index contributed by atoms with van der Waals surface area (Å²) in [5.74, 6) is -0.205. The van der Waals surface area contributed by atoms with Crippen LogP contribution in [0, 0.1) is 0 Å². The van der Waals surface area contributed by atoms with Gasteiger partial charge in [-0.2, -0.15) is 0 Å². The number of carbonyl (C=O) groups excluding carboxylic acids is 1. The van der Waals surface area contributed by atoms with Crippen LogP contribution < -0.4 is 10.2 Å². The van der Waals surface area contributed by atoms with Crippen LogP contribution in [0.3, 0.4) is 0 Å². The van der Waals surface area contributed by atoms with E-state index in [9.17, 15) is 19.4 Å². The van der Waals surface area contributed by atoms with Crippen molar-refractivity contribution in [1.29, 1.82) is 0 Å². The van der Waals surface area contributed by atoms with E-state index in [1.165, 1.54) is 302 Å². The second-order valence-electron chi connectivity index (χ2n) is 27.0. The zero-order valence-electron chi connectivity index (χ0n) is 58.0. The topological polar surface area (TPSA) is 108 Å². The summed E-state index contributed by atoms with van der Waals surface area (Å²) >= 11 is 0. The van der Waals surface area contributed by atoms with Crippen molar-refractivity contribution in [3.8, 4) is 0 Å². The molecule has 0 aromatic carbocycles. The van der Waals surface area contributed by atoms with Crippen LogP contribution in [0.4, 0.5) is 0 Å². The van der Waals surface area contributed by atoms with Crippen molar-refractivity contribution in [2.75, 3.05) is 40.9 Å². The maximum atomic E-state index is 13.0. The molecular formula is C77H147N2O6P. The number of likely N-dealkylation sites (N-methyl/N-ethyl adjacent to an activating group) is 1.